The van der Waals surface area contributed by atoms with Crippen LogP contribution < -0.4 is 0 Å². The maximum absolute atomic E-state index is 6.30. The molecule has 0 radical (unpaired) electrons. The van der Waals surface area contributed by atoms with Crippen LogP contribution in [0, 0.1) is 0 Å². The zero-order valence-corrected chi connectivity index (χ0v) is 17.2. The second-order valence-corrected chi connectivity index (χ2v) is 7.94. The molecule has 0 amide bonds. The first-order chi connectivity index (χ1) is 12.0. The molecular weight excluding hydrogens is 493 g/mol. The predicted octanol–water partition coefficient (Wildman–Crippen LogP) is 6.31. The van der Waals surface area contributed by atoms with E-state index in [0.717, 1.165) is 25.9 Å². The van der Waals surface area contributed by atoms with E-state index in [4.69, 9.17) is 27.9 Å². The highest BCUT2D eigenvalue weighted by molar-refractivity contribution is 9.10. The molecular formula is C17H9Br2Cl2N3O. The van der Waals surface area contributed by atoms with Gasteiger partial charge in [-0.2, -0.15) is 0 Å². The van der Waals surface area contributed by atoms with Gasteiger partial charge in [0.15, 0.2) is 5.82 Å². The number of fused-ring (bicyclic) bond motifs is 1. The van der Waals surface area contributed by atoms with Gasteiger partial charge in [-0.3, -0.25) is 4.57 Å². The van der Waals surface area contributed by atoms with E-state index in [2.05, 4.69) is 41.8 Å². The van der Waals surface area contributed by atoms with Crippen molar-refractivity contribution in [3.05, 3.63) is 73.0 Å². The molecule has 1 aliphatic heterocycles. The van der Waals surface area contributed by atoms with Gasteiger partial charge in [0.1, 0.15) is 12.3 Å². The second-order valence-electron chi connectivity index (χ2n) is 5.32. The zero-order chi connectivity index (χ0) is 17.6. The molecule has 0 aliphatic carbocycles. The minimum Gasteiger partial charge on any atom is -0.471 e. The van der Waals surface area contributed by atoms with Crippen molar-refractivity contribution in [1.82, 2.24) is 9.55 Å². The molecule has 0 saturated carbocycles. The van der Waals surface area contributed by atoms with Crippen molar-refractivity contribution in [1.29, 1.82) is 0 Å². The molecule has 2 aromatic heterocycles. The molecule has 0 fully saturated rings. The highest BCUT2D eigenvalue weighted by Gasteiger charge is 2.22. The van der Waals surface area contributed by atoms with E-state index in [-0.39, 0.29) is 0 Å². The highest BCUT2D eigenvalue weighted by atomic mass is 79.9. The van der Waals surface area contributed by atoms with Crippen LogP contribution in [-0.2, 0) is 11.3 Å². The van der Waals surface area contributed by atoms with Gasteiger partial charge in [0.2, 0.25) is 5.90 Å². The summed E-state index contributed by atoms with van der Waals surface area (Å²) in [6.07, 6.45) is 3.57. The first kappa shape index (κ1) is 17.1. The van der Waals surface area contributed by atoms with Crippen molar-refractivity contribution in [2.75, 3.05) is 0 Å². The molecule has 4 nitrogen and oxygen atoms in total. The standard InChI is InChI=1S/C17H9Br2Cl2N3O/c18-10-5-14(24(7-10)16-13(21)2-1-3-22-16)17-23-15-9(8-25-17)4-11(20)6-12(15)19/h1-7H,8H2. The van der Waals surface area contributed by atoms with Gasteiger partial charge in [-0.05, 0) is 62.2 Å². The highest BCUT2D eigenvalue weighted by Crippen LogP contribution is 2.37. The van der Waals surface area contributed by atoms with Crippen molar-refractivity contribution in [2.45, 2.75) is 6.61 Å². The lowest BCUT2D eigenvalue weighted by Crippen LogP contribution is -2.15. The Bertz CT molecular complexity index is 1020. The summed E-state index contributed by atoms with van der Waals surface area (Å²) in [6.45, 7) is 0.381. The lowest BCUT2D eigenvalue weighted by atomic mass is 10.1. The van der Waals surface area contributed by atoms with Gasteiger partial charge in [-0.25, -0.2) is 9.98 Å². The first-order valence-corrected chi connectivity index (χ1v) is 9.55. The van der Waals surface area contributed by atoms with Crippen LogP contribution in [0.15, 0.2) is 56.7 Å². The minimum atomic E-state index is 0.381. The number of halogens is 4. The van der Waals surface area contributed by atoms with Crippen LogP contribution in [0.5, 0.6) is 0 Å². The Labute approximate surface area is 170 Å². The largest absolute Gasteiger partial charge is 0.471 e. The minimum absolute atomic E-state index is 0.381. The topological polar surface area (TPSA) is 39.4 Å². The monoisotopic (exact) mass is 499 g/mol. The molecule has 3 heterocycles. The van der Waals surface area contributed by atoms with E-state index in [9.17, 15) is 0 Å². The van der Waals surface area contributed by atoms with Gasteiger partial charge in [0.05, 0.1) is 10.7 Å². The van der Waals surface area contributed by atoms with Gasteiger partial charge in [-0.15, -0.1) is 0 Å². The lowest BCUT2D eigenvalue weighted by molar-refractivity contribution is 0.287. The summed E-state index contributed by atoms with van der Waals surface area (Å²) in [6, 6.07) is 9.16. The number of aromatic nitrogens is 2. The Hall–Kier alpha value is -1.34. The lowest BCUT2D eigenvalue weighted by Gasteiger charge is -2.19. The summed E-state index contributed by atoms with van der Waals surface area (Å²) in [7, 11) is 0. The quantitative estimate of drug-likeness (QED) is 0.412. The van der Waals surface area contributed by atoms with Crippen LogP contribution in [-0.4, -0.2) is 15.4 Å². The van der Waals surface area contributed by atoms with Gasteiger partial charge < -0.3 is 4.74 Å². The number of pyridine rings is 1. The van der Waals surface area contributed by atoms with E-state index < -0.39 is 0 Å². The molecule has 3 aromatic rings. The van der Waals surface area contributed by atoms with Crippen molar-refractivity contribution in [3.63, 3.8) is 0 Å². The van der Waals surface area contributed by atoms with Crippen LogP contribution >= 0.6 is 55.1 Å². The van der Waals surface area contributed by atoms with Crippen molar-refractivity contribution < 1.29 is 4.74 Å². The van der Waals surface area contributed by atoms with Gasteiger partial charge in [0.25, 0.3) is 0 Å². The molecule has 0 bridgehead atoms. The number of hydrogen-bond donors (Lipinski definition) is 0. The Morgan fingerprint density at radius 1 is 1.16 bits per heavy atom. The van der Waals surface area contributed by atoms with Crippen molar-refractivity contribution in [2.24, 2.45) is 4.99 Å². The molecule has 4 rings (SSSR count). The summed E-state index contributed by atoms with van der Waals surface area (Å²) in [4.78, 5) is 9.03. The van der Waals surface area contributed by atoms with E-state index in [1.165, 1.54) is 0 Å². The van der Waals surface area contributed by atoms with Crippen LogP contribution in [0.4, 0.5) is 5.69 Å². The van der Waals surface area contributed by atoms with Crippen LogP contribution in [0.2, 0.25) is 10.0 Å². The number of benzene rings is 1. The maximum atomic E-state index is 6.30. The number of nitrogens with zero attached hydrogens (tertiary/aromatic N) is 3. The molecule has 0 atom stereocenters. The fraction of sp³-hybridized carbons (Fsp3) is 0.0588. The Kier molecular flexibility index (Phi) is 4.62. The van der Waals surface area contributed by atoms with Crippen molar-refractivity contribution in [3.8, 4) is 5.82 Å². The Morgan fingerprint density at radius 3 is 2.80 bits per heavy atom. The van der Waals surface area contributed by atoms with E-state index in [0.29, 0.717) is 28.4 Å². The summed E-state index contributed by atoms with van der Waals surface area (Å²) >= 11 is 19.4. The van der Waals surface area contributed by atoms with E-state index in [1.54, 1.807) is 18.3 Å². The van der Waals surface area contributed by atoms with Crippen LogP contribution in [0.1, 0.15) is 11.3 Å². The first-order valence-electron chi connectivity index (χ1n) is 7.21. The average molecular weight is 502 g/mol. The Morgan fingerprint density at radius 2 is 2.00 bits per heavy atom. The predicted molar refractivity (Wildman–Crippen MR) is 106 cm³/mol. The summed E-state index contributed by atoms with van der Waals surface area (Å²) in [5.41, 5.74) is 2.48. The number of aliphatic imine (C=N–C) groups is 1. The number of ether oxygens (including phenoxy) is 1. The number of hydrogen-bond acceptors (Lipinski definition) is 3. The van der Waals surface area contributed by atoms with Crippen LogP contribution in [0.3, 0.4) is 0 Å². The third kappa shape index (κ3) is 3.24. The number of rotatable bonds is 2. The van der Waals surface area contributed by atoms with E-state index >= 15 is 0 Å². The Balaban J connectivity index is 1.87. The summed E-state index contributed by atoms with van der Waals surface area (Å²) < 4.78 is 9.42. The van der Waals surface area contributed by atoms with Gasteiger partial charge in [0, 0.05) is 31.9 Å². The molecule has 8 heteroatoms. The molecule has 0 unspecified atom stereocenters. The zero-order valence-electron chi connectivity index (χ0n) is 12.5. The molecule has 0 saturated heterocycles. The molecule has 0 N–H and O–H groups in total. The molecule has 25 heavy (non-hydrogen) atoms. The van der Waals surface area contributed by atoms with Crippen molar-refractivity contribution >= 4 is 66.6 Å². The third-order valence-corrected chi connectivity index (χ3v) is 5.21. The molecule has 1 aliphatic rings. The summed E-state index contributed by atoms with van der Waals surface area (Å²) in [5.74, 6) is 1.10. The van der Waals surface area contributed by atoms with Crippen LogP contribution in [0.25, 0.3) is 5.82 Å². The fourth-order valence-corrected chi connectivity index (χ4v) is 4.19. The van der Waals surface area contributed by atoms with Gasteiger partial charge in [-0.1, -0.05) is 23.2 Å². The molecule has 1 aromatic carbocycles. The smallest absolute Gasteiger partial charge is 0.239 e. The molecule has 126 valence electrons. The van der Waals surface area contributed by atoms with E-state index in [1.807, 2.05) is 29.0 Å². The second kappa shape index (κ2) is 6.76. The molecule has 0 spiro atoms. The SMILES string of the molecule is Clc1cc(Br)c2c(c1)COC(c1cc(Br)cn1-c1ncccc1Cl)=N2. The average Bonchev–Trinajstić information content (AvgIpc) is 2.96. The fourth-order valence-electron chi connectivity index (χ4n) is 2.59. The maximum Gasteiger partial charge on any atom is 0.239 e. The third-order valence-electron chi connectivity index (χ3n) is 3.66. The summed E-state index contributed by atoms with van der Waals surface area (Å²) in [5, 5.41) is 1.18. The van der Waals surface area contributed by atoms with Gasteiger partial charge >= 0.3 is 0 Å². The normalized spacial score (nSPS) is 13.2.